The zero-order chi connectivity index (χ0) is 27.8. The monoisotopic (exact) mass is 559 g/mol. The number of carbonyl (C=O) groups is 2. The molecule has 7 heteroatoms. The average molecular weight is 561 g/mol. The van der Waals surface area contributed by atoms with Crippen molar-refractivity contribution in [1.29, 1.82) is 0 Å². The van der Waals surface area contributed by atoms with E-state index in [0.29, 0.717) is 54.8 Å². The van der Waals surface area contributed by atoms with Gasteiger partial charge in [0.2, 0.25) is 0 Å². The average Bonchev–Trinajstić information content (AvgIpc) is 2.93. The van der Waals surface area contributed by atoms with Gasteiger partial charge < -0.3 is 14.7 Å². The van der Waals surface area contributed by atoms with Crippen LogP contribution in [0.1, 0.15) is 91.9 Å². The van der Waals surface area contributed by atoms with Crippen molar-refractivity contribution in [2.45, 2.75) is 78.2 Å². The number of hydrogen-bond donors (Lipinski definition) is 1. The first-order chi connectivity index (χ1) is 17.9. The van der Waals surface area contributed by atoms with E-state index in [1.807, 2.05) is 26.8 Å². The molecule has 0 radical (unpaired) electrons. The summed E-state index contributed by atoms with van der Waals surface area (Å²) in [6, 6.07) is 10.1. The number of hydrogen-bond acceptors (Lipinski definition) is 3. The molecular weight excluding hydrogens is 521 g/mol. The standard InChI is InChI=1S/C31H39Cl2NO4/c1-19(2)25-23(32)16-22-26(27(25)33)28(35)34(14-7-15-38-18-21-10-8-20(3)9-11-21)17-24-30(22,4)12-6-13-31(24,5)29(36)37/h8-11,16,19,24H,6-7,12-15,17-18H2,1-5H3,(H,36,37)/t24?,30-,31-/m1/s1. The third kappa shape index (κ3) is 5.22. The molecule has 5 nitrogen and oxygen atoms in total. The van der Waals surface area contributed by atoms with E-state index in [-0.39, 0.29) is 17.7 Å². The van der Waals surface area contributed by atoms with Crippen LogP contribution in [0.3, 0.4) is 0 Å². The number of carbonyl (C=O) groups excluding carboxylic acids is 1. The fourth-order valence-corrected chi connectivity index (χ4v) is 7.54. The highest BCUT2D eigenvalue weighted by atomic mass is 35.5. The van der Waals surface area contributed by atoms with Crippen LogP contribution < -0.4 is 0 Å². The van der Waals surface area contributed by atoms with E-state index in [1.54, 1.807) is 4.90 Å². The molecule has 0 spiro atoms. The maximum absolute atomic E-state index is 14.1. The molecular formula is C31H39Cl2NO4. The second-order valence-corrected chi connectivity index (χ2v) is 12.6. The van der Waals surface area contributed by atoms with E-state index >= 15 is 0 Å². The number of carboxylic acids is 1. The molecule has 38 heavy (non-hydrogen) atoms. The Labute approximate surface area is 236 Å². The molecule has 2 aliphatic rings. The minimum atomic E-state index is -0.968. The Morgan fingerprint density at radius 1 is 1.18 bits per heavy atom. The lowest BCUT2D eigenvalue weighted by Gasteiger charge is -2.50. The summed E-state index contributed by atoms with van der Waals surface area (Å²) < 4.78 is 5.91. The first-order valence-electron chi connectivity index (χ1n) is 13.6. The van der Waals surface area contributed by atoms with Gasteiger partial charge >= 0.3 is 5.97 Å². The summed E-state index contributed by atoms with van der Waals surface area (Å²) in [7, 11) is 0. The smallest absolute Gasteiger partial charge is 0.309 e. The molecule has 206 valence electrons. The number of benzene rings is 2. The highest BCUT2D eigenvalue weighted by Crippen LogP contribution is 2.56. The maximum atomic E-state index is 14.1. The molecule has 3 atom stereocenters. The summed E-state index contributed by atoms with van der Waals surface area (Å²) in [5, 5.41) is 11.3. The van der Waals surface area contributed by atoms with Crippen LogP contribution in [0.4, 0.5) is 0 Å². The summed E-state index contributed by atoms with van der Waals surface area (Å²) in [5.41, 5.74) is 2.84. The van der Waals surface area contributed by atoms with Gasteiger partial charge in [-0.15, -0.1) is 0 Å². The molecule has 2 aromatic rings. The van der Waals surface area contributed by atoms with Crippen LogP contribution in [0, 0.1) is 18.3 Å². The number of aryl methyl sites for hydroxylation is 1. The van der Waals surface area contributed by atoms with E-state index in [2.05, 4.69) is 38.1 Å². The van der Waals surface area contributed by atoms with Crippen molar-refractivity contribution in [2.75, 3.05) is 19.7 Å². The number of rotatable bonds is 8. The number of nitrogens with zero attached hydrogens (tertiary/aromatic N) is 1. The summed E-state index contributed by atoms with van der Waals surface area (Å²) >= 11 is 13.7. The van der Waals surface area contributed by atoms with Gasteiger partial charge in [-0.2, -0.15) is 0 Å². The van der Waals surface area contributed by atoms with Crippen LogP contribution in [0.2, 0.25) is 10.0 Å². The Bertz CT molecular complexity index is 1210. The van der Waals surface area contributed by atoms with Crippen LogP contribution in [-0.2, 0) is 21.6 Å². The lowest BCUT2D eigenvalue weighted by Crippen LogP contribution is -2.53. The van der Waals surface area contributed by atoms with E-state index < -0.39 is 16.8 Å². The molecule has 1 unspecified atom stereocenters. The van der Waals surface area contributed by atoms with Crippen molar-refractivity contribution < 1.29 is 19.4 Å². The lowest BCUT2D eigenvalue weighted by molar-refractivity contribution is -0.157. The van der Waals surface area contributed by atoms with Crippen molar-refractivity contribution in [2.24, 2.45) is 11.3 Å². The predicted molar refractivity (Wildman–Crippen MR) is 152 cm³/mol. The van der Waals surface area contributed by atoms with Crippen LogP contribution in [0.15, 0.2) is 30.3 Å². The molecule has 1 aliphatic carbocycles. The van der Waals surface area contributed by atoms with Crippen molar-refractivity contribution in [3.8, 4) is 0 Å². The molecule has 1 amide bonds. The minimum Gasteiger partial charge on any atom is -0.481 e. The number of halogens is 2. The zero-order valence-electron chi connectivity index (χ0n) is 23.1. The molecule has 0 aromatic heterocycles. The van der Waals surface area contributed by atoms with Crippen molar-refractivity contribution in [3.63, 3.8) is 0 Å². The van der Waals surface area contributed by atoms with Crippen molar-refractivity contribution >= 4 is 35.1 Å². The quantitative estimate of drug-likeness (QED) is 0.337. The maximum Gasteiger partial charge on any atom is 0.309 e. The van der Waals surface area contributed by atoms with Gasteiger partial charge in [0, 0.05) is 30.6 Å². The van der Waals surface area contributed by atoms with Crippen molar-refractivity contribution in [1.82, 2.24) is 4.90 Å². The summed E-state index contributed by atoms with van der Waals surface area (Å²) in [4.78, 5) is 28.6. The fourth-order valence-electron chi connectivity index (χ4n) is 6.56. The molecule has 1 N–H and O–H groups in total. The van der Waals surface area contributed by atoms with Crippen LogP contribution in [-0.4, -0.2) is 41.6 Å². The Morgan fingerprint density at radius 2 is 1.87 bits per heavy atom. The highest BCUT2D eigenvalue weighted by molar-refractivity contribution is 6.38. The summed E-state index contributed by atoms with van der Waals surface area (Å²) in [5.74, 6) is -1.21. The molecule has 1 fully saturated rings. The topological polar surface area (TPSA) is 66.8 Å². The second kappa shape index (κ2) is 11.2. The Morgan fingerprint density at radius 3 is 2.50 bits per heavy atom. The van der Waals surface area contributed by atoms with Crippen LogP contribution in [0.25, 0.3) is 0 Å². The summed E-state index contributed by atoms with van der Waals surface area (Å²) in [6.07, 6.45) is 2.76. The number of ether oxygens (including phenoxy) is 1. The van der Waals surface area contributed by atoms with Crippen molar-refractivity contribution in [3.05, 3.63) is 68.2 Å². The Hall–Kier alpha value is -2.08. The molecule has 1 saturated carbocycles. The van der Waals surface area contributed by atoms with E-state index in [4.69, 9.17) is 27.9 Å². The molecule has 0 saturated heterocycles. The van der Waals surface area contributed by atoms with Crippen LogP contribution in [0.5, 0.6) is 0 Å². The Kier molecular flexibility index (Phi) is 8.52. The third-order valence-electron chi connectivity index (χ3n) is 8.88. The third-order valence-corrected chi connectivity index (χ3v) is 9.58. The number of amides is 1. The number of carboxylic acid groups (broad SMARTS) is 1. The molecule has 0 bridgehead atoms. The fraction of sp³-hybridized carbons (Fsp3) is 0.548. The van der Waals surface area contributed by atoms with E-state index in [1.165, 1.54) is 5.56 Å². The highest BCUT2D eigenvalue weighted by Gasteiger charge is 2.57. The SMILES string of the molecule is Cc1ccc(COCCCN2CC3[C@](C)(C(=O)O)CCC[C@]3(C)c3cc(Cl)c(C(C)C)c(Cl)c3C2=O)cc1. The Balaban J connectivity index is 1.66. The molecule has 4 rings (SSSR count). The second-order valence-electron chi connectivity index (χ2n) is 11.9. The normalized spacial score (nSPS) is 25.2. The first kappa shape index (κ1) is 28.9. The van der Waals surface area contributed by atoms with E-state index in [9.17, 15) is 14.7 Å². The molecule has 2 aromatic carbocycles. The predicted octanol–water partition coefficient (Wildman–Crippen LogP) is 7.64. The number of fused-ring (bicyclic) bond motifs is 3. The minimum absolute atomic E-state index is 0.0409. The van der Waals surface area contributed by atoms with E-state index in [0.717, 1.165) is 29.5 Å². The van der Waals surface area contributed by atoms with Gasteiger partial charge in [-0.05, 0) is 67.2 Å². The van der Waals surface area contributed by atoms with Gasteiger partial charge in [0.25, 0.3) is 5.91 Å². The van der Waals surface area contributed by atoms with Gasteiger partial charge in [0.05, 0.1) is 22.6 Å². The van der Waals surface area contributed by atoms with Gasteiger partial charge in [-0.3, -0.25) is 9.59 Å². The van der Waals surface area contributed by atoms with Gasteiger partial charge in [-0.25, -0.2) is 0 Å². The first-order valence-corrected chi connectivity index (χ1v) is 14.3. The van der Waals surface area contributed by atoms with Gasteiger partial charge in [0.15, 0.2) is 0 Å². The van der Waals surface area contributed by atoms with Crippen LogP contribution >= 0.6 is 23.2 Å². The summed E-state index contributed by atoms with van der Waals surface area (Å²) in [6.45, 7) is 11.8. The number of aliphatic carboxylic acids is 1. The van der Waals surface area contributed by atoms with Gasteiger partial charge in [0.1, 0.15) is 0 Å². The van der Waals surface area contributed by atoms with Gasteiger partial charge in [-0.1, -0.05) is 80.2 Å². The molecule has 1 heterocycles. The molecule has 1 aliphatic heterocycles. The lowest BCUT2D eigenvalue weighted by atomic mass is 9.53. The largest absolute Gasteiger partial charge is 0.481 e. The zero-order valence-corrected chi connectivity index (χ0v) is 24.6.